The number of aromatic nitrogens is 3. The van der Waals surface area contributed by atoms with E-state index in [9.17, 15) is 19.5 Å². The number of aromatic carboxylic acids is 1. The fourth-order valence-corrected chi connectivity index (χ4v) is 5.18. The van der Waals surface area contributed by atoms with Crippen LogP contribution in [0.5, 0.6) is 0 Å². The van der Waals surface area contributed by atoms with Crippen molar-refractivity contribution in [2.45, 2.75) is 13.5 Å². The number of benzene rings is 1. The Morgan fingerprint density at radius 2 is 1.93 bits per heavy atom. The molecule has 9 heteroatoms. The molecule has 5 rings (SSSR count). The third-order valence-corrected chi connectivity index (χ3v) is 6.55. The van der Waals surface area contributed by atoms with Gasteiger partial charge >= 0.3 is 11.7 Å². The van der Waals surface area contributed by atoms with Crippen LogP contribution in [0.4, 0.5) is 0 Å². The molecule has 0 amide bonds. The lowest BCUT2D eigenvalue weighted by Crippen LogP contribution is -2.34. The third-order valence-electron chi connectivity index (χ3n) is 5.08. The molecule has 0 saturated heterocycles. The molecule has 5 aromatic rings. The van der Waals surface area contributed by atoms with Gasteiger partial charge < -0.3 is 14.7 Å². The highest BCUT2D eigenvalue weighted by Crippen LogP contribution is 2.31. The highest BCUT2D eigenvalue weighted by molar-refractivity contribution is 7.09. The summed E-state index contributed by atoms with van der Waals surface area (Å²) >= 11 is 2.82. The first-order chi connectivity index (χ1) is 14.5. The number of nitrogens with one attached hydrogen (secondary N) is 1. The molecule has 0 atom stereocenters. The van der Waals surface area contributed by atoms with Crippen LogP contribution in [0.15, 0.2) is 55.4 Å². The van der Waals surface area contributed by atoms with Gasteiger partial charge in [0.15, 0.2) is 5.69 Å². The Morgan fingerprint density at radius 3 is 2.67 bits per heavy atom. The Hall–Kier alpha value is -3.43. The first kappa shape index (κ1) is 18.6. The van der Waals surface area contributed by atoms with E-state index in [2.05, 4.69) is 4.98 Å². The van der Waals surface area contributed by atoms with Gasteiger partial charge in [0.2, 0.25) is 0 Å². The Labute approximate surface area is 177 Å². The molecule has 0 aliphatic rings. The number of thiophene rings is 2. The van der Waals surface area contributed by atoms with E-state index in [1.54, 1.807) is 15.3 Å². The number of carboxylic acid groups (broad SMARTS) is 1. The van der Waals surface area contributed by atoms with Crippen molar-refractivity contribution in [3.8, 4) is 5.69 Å². The smallest absolute Gasteiger partial charge is 0.354 e. The zero-order valence-corrected chi connectivity index (χ0v) is 17.3. The predicted octanol–water partition coefficient (Wildman–Crippen LogP) is 3.81. The van der Waals surface area contributed by atoms with Crippen LogP contribution in [0, 0.1) is 6.92 Å². The maximum atomic E-state index is 13.2. The minimum absolute atomic E-state index is 0.0933. The molecule has 0 bridgehead atoms. The number of hydrogen-bond acceptors (Lipinski definition) is 5. The molecule has 0 aliphatic carbocycles. The number of carbonyl (C=O) groups is 1. The number of carboxylic acids is 1. The standard InChI is InChI=1S/C21H15N3O4S2/c1-11-2-3-16-13(6-11)17(18(20(26)27)23(16)7-12-4-5-29-8-12)24-19(25)14-9-30-10-15(14)22-21(24)28/h2-6,8-10H,7H2,1H3,(H,22,28)(H,26,27). The first-order valence-corrected chi connectivity index (χ1v) is 10.9. The number of aryl methyl sites for hydroxylation is 1. The third kappa shape index (κ3) is 2.74. The molecule has 0 radical (unpaired) electrons. The predicted molar refractivity (Wildman–Crippen MR) is 119 cm³/mol. The number of H-pyrrole nitrogens is 1. The van der Waals surface area contributed by atoms with Crippen molar-refractivity contribution in [1.29, 1.82) is 0 Å². The number of fused-ring (bicyclic) bond motifs is 2. The molecule has 0 fully saturated rings. The summed E-state index contributed by atoms with van der Waals surface area (Å²) in [5.74, 6) is -1.20. The fourth-order valence-electron chi connectivity index (χ4n) is 3.77. The molecular formula is C21H15N3O4S2. The number of hydrogen-bond donors (Lipinski definition) is 2. The maximum absolute atomic E-state index is 13.2. The second kappa shape index (κ2) is 6.82. The highest BCUT2D eigenvalue weighted by atomic mass is 32.1. The minimum atomic E-state index is -1.20. The van der Waals surface area contributed by atoms with Crippen LogP contribution < -0.4 is 11.2 Å². The van der Waals surface area contributed by atoms with E-state index in [4.69, 9.17) is 0 Å². The van der Waals surface area contributed by atoms with Crippen LogP contribution in [0.2, 0.25) is 0 Å². The van der Waals surface area contributed by atoms with Gasteiger partial charge in [0.25, 0.3) is 5.56 Å². The van der Waals surface area contributed by atoms with Crippen LogP contribution in [0.1, 0.15) is 21.6 Å². The molecular weight excluding hydrogens is 422 g/mol. The molecule has 1 aromatic carbocycles. The summed E-state index contributed by atoms with van der Waals surface area (Å²) < 4.78 is 2.60. The van der Waals surface area contributed by atoms with Crippen molar-refractivity contribution in [2.24, 2.45) is 0 Å². The van der Waals surface area contributed by atoms with E-state index >= 15 is 0 Å². The molecule has 2 N–H and O–H groups in total. The molecule has 4 heterocycles. The molecule has 0 unspecified atom stereocenters. The molecule has 0 saturated carbocycles. The van der Waals surface area contributed by atoms with Crippen molar-refractivity contribution in [2.75, 3.05) is 0 Å². The zero-order valence-electron chi connectivity index (χ0n) is 15.7. The molecule has 150 valence electrons. The van der Waals surface area contributed by atoms with Gasteiger partial charge in [0.1, 0.15) is 0 Å². The van der Waals surface area contributed by atoms with Gasteiger partial charge in [-0.3, -0.25) is 4.79 Å². The SMILES string of the molecule is Cc1ccc2c(c1)c(-n1c(=O)[nH]c3cscc3c1=O)c(C(=O)O)n2Cc1ccsc1. The van der Waals surface area contributed by atoms with Crippen LogP contribution in [0.25, 0.3) is 27.5 Å². The Kier molecular flexibility index (Phi) is 4.23. The van der Waals surface area contributed by atoms with Crippen molar-refractivity contribution in [3.63, 3.8) is 0 Å². The van der Waals surface area contributed by atoms with Crippen LogP contribution in [0.3, 0.4) is 0 Å². The van der Waals surface area contributed by atoms with E-state index in [-0.39, 0.29) is 11.4 Å². The van der Waals surface area contributed by atoms with Gasteiger partial charge in [-0.1, -0.05) is 11.6 Å². The second-order valence-corrected chi connectivity index (χ2v) is 8.53. The largest absolute Gasteiger partial charge is 0.477 e. The molecule has 0 aliphatic heterocycles. The van der Waals surface area contributed by atoms with Crippen molar-refractivity contribution in [1.82, 2.24) is 14.1 Å². The molecule has 4 aromatic heterocycles. The number of rotatable bonds is 4. The number of aromatic amines is 1. The second-order valence-electron chi connectivity index (χ2n) is 7.01. The Morgan fingerprint density at radius 1 is 1.10 bits per heavy atom. The van der Waals surface area contributed by atoms with Gasteiger partial charge in [-0.05, 0) is 41.4 Å². The van der Waals surface area contributed by atoms with Crippen molar-refractivity contribution < 1.29 is 9.90 Å². The molecule has 0 spiro atoms. The fraction of sp³-hybridized carbons (Fsp3) is 0.0952. The number of nitrogens with zero attached hydrogens (tertiary/aromatic N) is 2. The topological polar surface area (TPSA) is 97.1 Å². The van der Waals surface area contributed by atoms with Crippen LogP contribution >= 0.6 is 22.7 Å². The summed E-state index contributed by atoms with van der Waals surface area (Å²) in [6, 6.07) is 7.45. The van der Waals surface area contributed by atoms with Crippen LogP contribution in [-0.4, -0.2) is 25.2 Å². The zero-order chi connectivity index (χ0) is 21.0. The lowest BCUT2D eigenvalue weighted by atomic mass is 10.1. The van der Waals surface area contributed by atoms with E-state index in [0.29, 0.717) is 28.4 Å². The minimum Gasteiger partial charge on any atom is -0.477 e. The van der Waals surface area contributed by atoms with E-state index in [1.807, 2.05) is 41.9 Å². The highest BCUT2D eigenvalue weighted by Gasteiger charge is 2.27. The van der Waals surface area contributed by atoms with Crippen molar-refractivity contribution in [3.05, 3.63) is 83.4 Å². The Bertz CT molecular complexity index is 1550. The average molecular weight is 438 g/mol. The van der Waals surface area contributed by atoms with E-state index < -0.39 is 17.2 Å². The quantitative estimate of drug-likeness (QED) is 0.447. The first-order valence-electron chi connectivity index (χ1n) is 9.04. The van der Waals surface area contributed by atoms with Crippen molar-refractivity contribution >= 4 is 50.4 Å². The monoisotopic (exact) mass is 437 g/mol. The van der Waals surface area contributed by atoms with Gasteiger partial charge in [0, 0.05) is 22.7 Å². The normalized spacial score (nSPS) is 11.5. The average Bonchev–Trinajstić information content (AvgIpc) is 3.42. The Balaban J connectivity index is 1.95. The summed E-state index contributed by atoms with van der Waals surface area (Å²) in [5, 5.41) is 18.2. The summed E-state index contributed by atoms with van der Waals surface area (Å²) in [7, 11) is 0. The summed E-state index contributed by atoms with van der Waals surface area (Å²) in [6.07, 6.45) is 0. The summed E-state index contributed by atoms with van der Waals surface area (Å²) in [5.41, 5.74) is 1.74. The summed E-state index contributed by atoms with van der Waals surface area (Å²) in [6.45, 7) is 2.20. The van der Waals surface area contributed by atoms with Gasteiger partial charge in [0.05, 0.1) is 22.1 Å². The lowest BCUT2D eigenvalue weighted by Gasteiger charge is -2.09. The molecule has 30 heavy (non-hydrogen) atoms. The summed E-state index contributed by atoms with van der Waals surface area (Å²) in [4.78, 5) is 41.2. The van der Waals surface area contributed by atoms with E-state index in [1.165, 1.54) is 22.7 Å². The van der Waals surface area contributed by atoms with Gasteiger partial charge in [-0.2, -0.15) is 11.3 Å². The van der Waals surface area contributed by atoms with Crippen LogP contribution in [-0.2, 0) is 6.54 Å². The van der Waals surface area contributed by atoms with Gasteiger partial charge in [-0.25, -0.2) is 14.2 Å². The van der Waals surface area contributed by atoms with Gasteiger partial charge in [-0.15, -0.1) is 11.3 Å². The van der Waals surface area contributed by atoms with E-state index in [0.717, 1.165) is 15.7 Å². The lowest BCUT2D eigenvalue weighted by molar-refractivity contribution is 0.0686. The maximum Gasteiger partial charge on any atom is 0.354 e. The molecule has 7 nitrogen and oxygen atoms in total.